The lowest BCUT2D eigenvalue weighted by atomic mass is 10.3. The highest BCUT2D eigenvalue weighted by Gasteiger charge is 2.12. The van der Waals surface area contributed by atoms with E-state index in [4.69, 9.17) is 0 Å². The van der Waals surface area contributed by atoms with Crippen molar-refractivity contribution in [3.8, 4) is 0 Å². The van der Waals surface area contributed by atoms with Crippen molar-refractivity contribution in [2.24, 2.45) is 0 Å². The standard InChI is InChI=1S/C10H12Br2F2N2/c11-3-4-16(7-10(13)14)6-9-2-1-8(12)5-15-9/h1-2,5,10H,3-4,6-7H2. The summed E-state index contributed by atoms with van der Waals surface area (Å²) in [6.45, 7) is 0.814. The van der Waals surface area contributed by atoms with Gasteiger partial charge in [0, 0.05) is 29.1 Å². The minimum absolute atomic E-state index is 0.219. The van der Waals surface area contributed by atoms with Gasteiger partial charge in [0.05, 0.1) is 12.2 Å². The van der Waals surface area contributed by atoms with Crippen LogP contribution in [0, 0.1) is 0 Å². The third-order valence-electron chi connectivity index (χ3n) is 1.97. The van der Waals surface area contributed by atoms with Crippen molar-refractivity contribution >= 4 is 31.9 Å². The molecule has 0 radical (unpaired) electrons. The Labute approximate surface area is 110 Å². The van der Waals surface area contributed by atoms with Gasteiger partial charge in [-0.1, -0.05) is 15.9 Å². The van der Waals surface area contributed by atoms with Gasteiger partial charge in [-0.15, -0.1) is 0 Å². The number of halogens is 4. The first-order valence-electron chi connectivity index (χ1n) is 4.78. The molecular formula is C10H12Br2F2N2. The van der Waals surface area contributed by atoms with E-state index in [0.717, 1.165) is 10.2 Å². The van der Waals surface area contributed by atoms with E-state index in [2.05, 4.69) is 36.8 Å². The fourth-order valence-electron chi connectivity index (χ4n) is 1.28. The minimum Gasteiger partial charge on any atom is -0.291 e. The lowest BCUT2D eigenvalue weighted by molar-refractivity contribution is 0.0875. The molecule has 0 spiro atoms. The summed E-state index contributed by atoms with van der Waals surface area (Å²) < 4.78 is 25.5. The summed E-state index contributed by atoms with van der Waals surface area (Å²) in [5.41, 5.74) is 0.796. The largest absolute Gasteiger partial charge is 0.291 e. The molecule has 0 aliphatic heterocycles. The molecule has 0 bridgehead atoms. The van der Waals surface area contributed by atoms with Crippen LogP contribution in [-0.2, 0) is 6.54 Å². The highest BCUT2D eigenvalue weighted by atomic mass is 79.9. The Morgan fingerprint density at radius 1 is 1.38 bits per heavy atom. The quantitative estimate of drug-likeness (QED) is 0.726. The van der Waals surface area contributed by atoms with Gasteiger partial charge in [-0.2, -0.15) is 0 Å². The molecule has 0 unspecified atom stereocenters. The Kier molecular flexibility index (Phi) is 6.38. The van der Waals surface area contributed by atoms with Gasteiger partial charge in [0.15, 0.2) is 0 Å². The number of nitrogens with zero attached hydrogens (tertiary/aromatic N) is 2. The average molecular weight is 358 g/mol. The van der Waals surface area contributed by atoms with Crippen LogP contribution in [0.15, 0.2) is 22.8 Å². The van der Waals surface area contributed by atoms with Crippen LogP contribution < -0.4 is 0 Å². The molecule has 1 aromatic heterocycles. The first-order valence-corrected chi connectivity index (χ1v) is 6.70. The van der Waals surface area contributed by atoms with Crippen molar-refractivity contribution in [1.29, 1.82) is 0 Å². The van der Waals surface area contributed by atoms with Crippen LogP contribution in [0.3, 0.4) is 0 Å². The summed E-state index contributed by atoms with van der Waals surface area (Å²) in [5, 5.41) is 0.677. The molecule has 2 nitrogen and oxygen atoms in total. The predicted octanol–water partition coefficient (Wildman–Crippen LogP) is 3.31. The monoisotopic (exact) mass is 356 g/mol. The van der Waals surface area contributed by atoms with Gasteiger partial charge in [0.25, 0.3) is 6.43 Å². The van der Waals surface area contributed by atoms with E-state index in [9.17, 15) is 8.78 Å². The fraction of sp³-hybridized carbons (Fsp3) is 0.500. The zero-order chi connectivity index (χ0) is 12.0. The predicted molar refractivity (Wildman–Crippen MR) is 67.0 cm³/mol. The molecule has 1 heterocycles. The van der Waals surface area contributed by atoms with E-state index < -0.39 is 6.43 Å². The van der Waals surface area contributed by atoms with Crippen molar-refractivity contribution in [3.05, 3.63) is 28.5 Å². The summed E-state index contributed by atoms with van der Waals surface area (Å²) >= 11 is 6.53. The Hall–Kier alpha value is -0.0700. The van der Waals surface area contributed by atoms with Gasteiger partial charge < -0.3 is 0 Å². The van der Waals surface area contributed by atoms with Gasteiger partial charge in [0.1, 0.15) is 0 Å². The molecule has 0 amide bonds. The molecule has 0 atom stereocenters. The Morgan fingerprint density at radius 3 is 2.62 bits per heavy atom. The highest BCUT2D eigenvalue weighted by molar-refractivity contribution is 9.10. The smallest absolute Gasteiger partial charge is 0.251 e. The van der Waals surface area contributed by atoms with Crippen molar-refractivity contribution < 1.29 is 8.78 Å². The second-order valence-corrected chi connectivity index (χ2v) is 4.99. The molecule has 0 aliphatic carbocycles. The van der Waals surface area contributed by atoms with Gasteiger partial charge in [0.2, 0.25) is 0 Å². The fourth-order valence-corrected chi connectivity index (χ4v) is 2.01. The molecule has 0 aromatic carbocycles. The number of alkyl halides is 3. The highest BCUT2D eigenvalue weighted by Crippen LogP contribution is 2.10. The summed E-state index contributed by atoms with van der Waals surface area (Å²) in [6.07, 6.45) is -0.640. The number of hydrogen-bond donors (Lipinski definition) is 0. The van der Waals surface area contributed by atoms with E-state index in [0.29, 0.717) is 18.4 Å². The van der Waals surface area contributed by atoms with Gasteiger partial charge in [-0.3, -0.25) is 9.88 Å². The lowest BCUT2D eigenvalue weighted by Gasteiger charge is -2.20. The SMILES string of the molecule is FC(F)CN(CCBr)Cc1ccc(Br)cn1. The zero-order valence-electron chi connectivity index (χ0n) is 8.54. The first kappa shape index (κ1) is 14.0. The van der Waals surface area contributed by atoms with Gasteiger partial charge >= 0.3 is 0 Å². The molecule has 0 fully saturated rings. The van der Waals surface area contributed by atoms with Crippen molar-refractivity contribution in [3.63, 3.8) is 0 Å². The molecule has 0 saturated heterocycles. The minimum atomic E-state index is -2.31. The van der Waals surface area contributed by atoms with E-state index in [1.54, 1.807) is 11.1 Å². The Bertz CT molecular complexity index is 306. The molecule has 1 aromatic rings. The molecule has 1 rings (SSSR count). The second-order valence-electron chi connectivity index (χ2n) is 3.28. The summed E-state index contributed by atoms with van der Waals surface area (Å²) in [7, 11) is 0. The summed E-state index contributed by atoms with van der Waals surface area (Å²) in [4.78, 5) is 5.84. The first-order chi connectivity index (χ1) is 7.61. The summed E-state index contributed by atoms with van der Waals surface area (Å²) in [6, 6.07) is 3.69. The number of aromatic nitrogens is 1. The molecule has 90 valence electrons. The van der Waals surface area contributed by atoms with E-state index >= 15 is 0 Å². The van der Waals surface area contributed by atoms with Crippen LogP contribution in [0.25, 0.3) is 0 Å². The van der Waals surface area contributed by atoms with E-state index in [-0.39, 0.29) is 6.54 Å². The normalized spacial score (nSPS) is 11.4. The molecule has 0 N–H and O–H groups in total. The van der Waals surface area contributed by atoms with Gasteiger partial charge in [-0.05, 0) is 28.1 Å². The number of rotatable bonds is 6. The third kappa shape index (κ3) is 5.32. The van der Waals surface area contributed by atoms with Crippen LogP contribution in [0.5, 0.6) is 0 Å². The maximum absolute atomic E-state index is 12.3. The van der Waals surface area contributed by atoms with E-state index in [1.165, 1.54) is 0 Å². The lowest BCUT2D eigenvalue weighted by Crippen LogP contribution is -2.30. The molecule has 0 aliphatic rings. The third-order valence-corrected chi connectivity index (χ3v) is 2.79. The van der Waals surface area contributed by atoms with E-state index in [1.807, 2.05) is 12.1 Å². The topological polar surface area (TPSA) is 16.1 Å². The van der Waals surface area contributed by atoms with Crippen LogP contribution >= 0.6 is 31.9 Å². The van der Waals surface area contributed by atoms with Crippen LogP contribution in [0.2, 0.25) is 0 Å². The van der Waals surface area contributed by atoms with Crippen molar-refractivity contribution in [1.82, 2.24) is 9.88 Å². The second kappa shape index (κ2) is 7.29. The van der Waals surface area contributed by atoms with Gasteiger partial charge in [-0.25, -0.2) is 8.78 Å². The van der Waals surface area contributed by atoms with Crippen molar-refractivity contribution in [2.45, 2.75) is 13.0 Å². The molecule has 16 heavy (non-hydrogen) atoms. The number of hydrogen-bond acceptors (Lipinski definition) is 2. The van der Waals surface area contributed by atoms with Crippen LogP contribution in [0.1, 0.15) is 5.69 Å². The van der Waals surface area contributed by atoms with Crippen molar-refractivity contribution in [2.75, 3.05) is 18.4 Å². The average Bonchev–Trinajstić information content (AvgIpc) is 2.21. The molecule has 6 heteroatoms. The zero-order valence-corrected chi connectivity index (χ0v) is 11.7. The maximum atomic E-state index is 12.3. The Balaban J connectivity index is 2.56. The summed E-state index contributed by atoms with van der Waals surface area (Å²) in [5.74, 6) is 0. The Morgan fingerprint density at radius 2 is 2.12 bits per heavy atom. The maximum Gasteiger partial charge on any atom is 0.251 e. The van der Waals surface area contributed by atoms with Crippen LogP contribution in [-0.4, -0.2) is 34.7 Å². The number of pyridine rings is 1. The molecule has 0 saturated carbocycles. The van der Waals surface area contributed by atoms with Crippen LogP contribution in [0.4, 0.5) is 8.78 Å². The molecular weight excluding hydrogens is 346 g/mol.